The van der Waals surface area contributed by atoms with Crippen molar-refractivity contribution in [2.45, 2.75) is 20.1 Å². The van der Waals surface area contributed by atoms with E-state index in [9.17, 15) is 0 Å². The molecule has 0 saturated carbocycles. The molecule has 1 N–H and O–H groups in total. The summed E-state index contributed by atoms with van der Waals surface area (Å²) in [5.74, 6) is 2.45. The first-order valence-corrected chi connectivity index (χ1v) is 10.1. The molecule has 4 aromatic carbocycles. The molecular weight excluding hydrogens is 374 g/mol. The van der Waals surface area contributed by atoms with Crippen LogP contribution in [0.2, 0.25) is 0 Å². The van der Waals surface area contributed by atoms with Gasteiger partial charge in [-0.25, -0.2) is 0 Å². The van der Waals surface area contributed by atoms with Gasteiger partial charge >= 0.3 is 0 Å². The van der Waals surface area contributed by atoms with Crippen molar-refractivity contribution in [2.24, 2.45) is 0 Å². The van der Waals surface area contributed by atoms with E-state index in [-0.39, 0.29) is 6.79 Å². The Kier molecular flexibility index (Phi) is 4.89. The van der Waals surface area contributed by atoms with Gasteiger partial charge in [0.25, 0.3) is 0 Å². The molecule has 1 heterocycles. The van der Waals surface area contributed by atoms with E-state index in [1.54, 1.807) is 0 Å². The SMILES string of the molecule is Cc1cccc(COc2ccc3ccccc3c2CNc2ccc3c(c2)OCO3)c1. The highest BCUT2D eigenvalue weighted by Gasteiger charge is 2.14. The first kappa shape index (κ1) is 18.4. The van der Waals surface area contributed by atoms with Crippen molar-refractivity contribution in [1.82, 2.24) is 0 Å². The van der Waals surface area contributed by atoms with Crippen molar-refractivity contribution < 1.29 is 14.2 Å². The molecular formula is C26H23NO3. The first-order chi connectivity index (χ1) is 14.8. The number of benzene rings is 4. The Morgan fingerprint density at radius 3 is 2.70 bits per heavy atom. The topological polar surface area (TPSA) is 39.7 Å². The molecule has 5 rings (SSSR count). The minimum absolute atomic E-state index is 0.277. The second kappa shape index (κ2) is 7.99. The molecule has 4 aromatic rings. The zero-order valence-corrected chi connectivity index (χ0v) is 16.9. The quantitative estimate of drug-likeness (QED) is 0.429. The van der Waals surface area contributed by atoms with E-state index in [1.165, 1.54) is 16.3 Å². The molecule has 0 atom stereocenters. The molecule has 1 aliphatic heterocycles. The van der Waals surface area contributed by atoms with Gasteiger partial charge in [0.15, 0.2) is 11.5 Å². The molecule has 0 fully saturated rings. The van der Waals surface area contributed by atoms with E-state index < -0.39 is 0 Å². The van der Waals surface area contributed by atoms with Crippen LogP contribution in [0, 0.1) is 6.92 Å². The number of ether oxygens (including phenoxy) is 3. The highest BCUT2D eigenvalue weighted by molar-refractivity contribution is 5.88. The Balaban J connectivity index is 1.42. The fourth-order valence-corrected chi connectivity index (χ4v) is 3.79. The number of hydrogen-bond donors (Lipinski definition) is 1. The van der Waals surface area contributed by atoms with Crippen LogP contribution < -0.4 is 19.5 Å². The Hall–Kier alpha value is -3.66. The van der Waals surface area contributed by atoms with Gasteiger partial charge < -0.3 is 19.5 Å². The van der Waals surface area contributed by atoms with E-state index in [1.807, 2.05) is 18.2 Å². The highest BCUT2D eigenvalue weighted by Crippen LogP contribution is 2.35. The summed E-state index contributed by atoms with van der Waals surface area (Å²) in [6.07, 6.45) is 0. The standard InChI is InChI=1S/C26H23NO3/c1-18-5-4-6-19(13-18)16-28-24-11-9-20-7-2-3-8-22(20)23(24)15-27-21-10-12-25-26(14-21)30-17-29-25/h2-14,27H,15-17H2,1H3. The Morgan fingerprint density at radius 1 is 0.867 bits per heavy atom. The van der Waals surface area contributed by atoms with Crippen molar-refractivity contribution in [3.05, 3.63) is 95.6 Å². The van der Waals surface area contributed by atoms with Crippen LogP contribution in [0.1, 0.15) is 16.7 Å². The molecule has 4 heteroatoms. The van der Waals surface area contributed by atoms with Gasteiger partial charge in [-0.3, -0.25) is 0 Å². The molecule has 0 radical (unpaired) electrons. The summed E-state index contributed by atoms with van der Waals surface area (Å²) < 4.78 is 17.2. The Bertz CT molecular complexity index is 1200. The largest absolute Gasteiger partial charge is 0.489 e. The summed E-state index contributed by atoms with van der Waals surface area (Å²) in [6.45, 7) is 3.56. The summed E-state index contributed by atoms with van der Waals surface area (Å²) in [7, 11) is 0. The average molecular weight is 397 g/mol. The normalized spacial score (nSPS) is 12.2. The van der Waals surface area contributed by atoms with E-state index in [4.69, 9.17) is 14.2 Å². The van der Waals surface area contributed by atoms with Crippen molar-refractivity contribution in [3.8, 4) is 17.2 Å². The molecule has 1 aliphatic rings. The summed E-state index contributed by atoms with van der Waals surface area (Å²) in [6, 6.07) is 26.9. The number of nitrogens with one attached hydrogen (secondary N) is 1. The van der Waals surface area contributed by atoms with E-state index >= 15 is 0 Å². The molecule has 0 aliphatic carbocycles. The lowest BCUT2D eigenvalue weighted by Gasteiger charge is -2.16. The first-order valence-electron chi connectivity index (χ1n) is 10.1. The molecule has 0 aromatic heterocycles. The highest BCUT2D eigenvalue weighted by atomic mass is 16.7. The monoisotopic (exact) mass is 397 g/mol. The lowest BCUT2D eigenvalue weighted by molar-refractivity contribution is 0.174. The maximum Gasteiger partial charge on any atom is 0.231 e. The summed E-state index contributed by atoms with van der Waals surface area (Å²) in [4.78, 5) is 0. The van der Waals surface area contributed by atoms with Gasteiger partial charge in [0.1, 0.15) is 12.4 Å². The van der Waals surface area contributed by atoms with Crippen molar-refractivity contribution >= 4 is 16.5 Å². The minimum atomic E-state index is 0.277. The molecule has 0 saturated heterocycles. The molecule has 4 nitrogen and oxygen atoms in total. The fourth-order valence-electron chi connectivity index (χ4n) is 3.79. The number of rotatable bonds is 6. The van der Waals surface area contributed by atoms with Crippen LogP contribution in [0.5, 0.6) is 17.2 Å². The third kappa shape index (κ3) is 3.77. The zero-order valence-electron chi connectivity index (χ0n) is 16.9. The summed E-state index contributed by atoms with van der Waals surface area (Å²) in [5, 5.41) is 5.90. The molecule has 30 heavy (non-hydrogen) atoms. The number of hydrogen-bond acceptors (Lipinski definition) is 4. The minimum Gasteiger partial charge on any atom is -0.489 e. The van der Waals surface area contributed by atoms with Crippen LogP contribution >= 0.6 is 0 Å². The van der Waals surface area contributed by atoms with Gasteiger partial charge in [-0.1, -0.05) is 60.2 Å². The van der Waals surface area contributed by atoms with Gasteiger partial charge in [0, 0.05) is 23.9 Å². The van der Waals surface area contributed by atoms with Crippen LogP contribution in [0.4, 0.5) is 5.69 Å². The number of anilines is 1. The van der Waals surface area contributed by atoms with Crippen LogP contribution in [0.3, 0.4) is 0 Å². The maximum atomic E-state index is 6.26. The van der Waals surface area contributed by atoms with Gasteiger partial charge in [0.05, 0.1) is 0 Å². The lowest BCUT2D eigenvalue weighted by Crippen LogP contribution is -2.05. The molecule has 0 spiro atoms. The van der Waals surface area contributed by atoms with Crippen molar-refractivity contribution in [2.75, 3.05) is 12.1 Å². The summed E-state index contributed by atoms with van der Waals surface area (Å²) >= 11 is 0. The summed E-state index contributed by atoms with van der Waals surface area (Å²) in [5.41, 5.74) is 4.52. The second-order valence-corrected chi connectivity index (χ2v) is 7.46. The third-order valence-electron chi connectivity index (χ3n) is 5.32. The van der Waals surface area contributed by atoms with Gasteiger partial charge in [0.2, 0.25) is 6.79 Å². The van der Waals surface area contributed by atoms with Crippen LogP contribution in [-0.2, 0) is 13.2 Å². The van der Waals surface area contributed by atoms with Crippen molar-refractivity contribution in [3.63, 3.8) is 0 Å². The van der Waals surface area contributed by atoms with E-state index in [2.05, 4.69) is 72.9 Å². The average Bonchev–Trinajstić information content (AvgIpc) is 3.24. The Labute approximate surface area is 176 Å². The Morgan fingerprint density at radius 2 is 1.77 bits per heavy atom. The van der Waals surface area contributed by atoms with E-state index in [0.29, 0.717) is 13.2 Å². The number of aryl methyl sites for hydroxylation is 1. The predicted molar refractivity (Wildman–Crippen MR) is 119 cm³/mol. The number of fused-ring (bicyclic) bond motifs is 2. The third-order valence-corrected chi connectivity index (χ3v) is 5.32. The molecule has 0 bridgehead atoms. The van der Waals surface area contributed by atoms with Gasteiger partial charge in [-0.05, 0) is 41.5 Å². The molecule has 0 amide bonds. The lowest BCUT2D eigenvalue weighted by atomic mass is 10.0. The van der Waals surface area contributed by atoms with Crippen molar-refractivity contribution in [1.29, 1.82) is 0 Å². The van der Waals surface area contributed by atoms with Crippen LogP contribution in [0.25, 0.3) is 10.8 Å². The van der Waals surface area contributed by atoms with E-state index in [0.717, 1.165) is 34.1 Å². The smallest absolute Gasteiger partial charge is 0.231 e. The second-order valence-electron chi connectivity index (χ2n) is 7.46. The van der Waals surface area contributed by atoms with Gasteiger partial charge in [-0.2, -0.15) is 0 Å². The molecule has 150 valence electrons. The zero-order chi connectivity index (χ0) is 20.3. The fraction of sp³-hybridized carbons (Fsp3) is 0.154. The van der Waals surface area contributed by atoms with Gasteiger partial charge in [-0.15, -0.1) is 0 Å². The van der Waals surface area contributed by atoms with Crippen LogP contribution in [-0.4, -0.2) is 6.79 Å². The molecule has 0 unspecified atom stereocenters. The maximum absolute atomic E-state index is 6.26. The van der Waals surface area contributed by atoms with Crippen LogP contribution in [0.15, 0.2) is 78.9 Å². The predicted octanol–water partition coefficient (Wildman–Crippen LogP) is 6.07.